The molecule has 7 nitrogen and oxygen atoms in total. The summed E-state index contributed by atoms with van der Waals surface area (Å²) in [5, 5.41) is 14.8. The van der Waals surface area contributed by atoms with Gasteiger partial charge in [0, 0.05) is 19.8 Å². The van der Waals surface area contributed by atoms with Gasteiger partial charge in [0.25, 0.3) is 5.91 Å². The number of hydrogen-bond donors (Lipinski definition) is 2. The third-order valence-corrected chi connectivity index (χ3v) is 6.87. The van der Waals surface area contributed by atoms with Crippen molar-refractivity contribution in [1.29, 1.82) is 5.26 Å². The summed E-state index contributed by atoms with van der Waals surface area (Å²) in [5.74, 6) is -2.66. The lowest BCUT2D eigenvalue weighted by Gasteiger charge is -2.32. The molecule has 0 spiro atoms. The summed E-state index contributed by atoms with van der Waals surface area (Å²) in [6, 6.07) is 8.39. The second-order valence-corrected chi connectivity index (χ2v) is 9.32. The van der Waals surface area contributed by atoms with E-state index >= 15 is 0 Å². The first-order valence-corrected chi connectivity index (χ1v) is 12.2. The Hall–Kier alpha value is -3.84. The summed E-state index contributed by atoms with van der Waals surface area (Å²) in [6.07, 6.45) is 3.82. The molecule has 37 heavy (non-hydrogen) atoms. The van der Waals surface area contributed by atoms with Crippen molar-refractivity contribution >= 4 is 11.9 Å². The first kappa shape index (κ1) is 26.2. The standard InChI is InChI=1S/C27H28F3N5O2/c1-34-16-22(25(33-27(34)37)18-3-6-23(29)24(30)14-18)26(36)32-9-2-10-35-11-7-17(8-12-35)21-5-4-20(28)13-19(21)15-31/h3-6,13-14,16-17,25H,2,7-12H2,1H3,(H,32,36)(H,33,37)/t25-/m1/s1. The normalized spacial score (nSPS) is 18.7. The monoisotopic (exact) mass is 511 g/mol. The van der Waals surface area contributed by atoms with E-state index in [1.807, 2.05) is 0 Å². The van der Waals surface area contributed by atoms with E-state index in [0.29, 0.717) is 18.5 Å². The molecule has 0 unspecified atom stereocenters. The van der Waals surface area contributed by atoms with Crippen LogP contribution in [0.2, 0.25) is 0 Å². The molecule has 2 aliphatic heterocycles. The van der Waals surface area contributed by atoms with Gasteiger partial charge in [0.05, 0.1) is 23.2 Å². The van der Waals surface area contributed by atoms with Crippen LogP contribution in [0.3, 0.4) is 0 Å². The lowest BCUT2D eigenvalue weighted by molar-refractivity contribution is -0.118. The van der Waals surface area contributed by atoms with Crippen molar-refractivity contribution in [2.24, 2.45) is 0 Å². The first-order chi connectivity index (χ1) is 17.8. The number of benzene rings is 2. The molecule has 1 atom stereocenters. The zero-order chi connectivity index (χ0) is 26.5. The van der Waals surface area contributed by atoms with Crippen LogP contribution in [0.15, 0.2) is 48.2 Å². The van der Waals surface area contributed by atoms with Gasteiger partial charge in [0.15, 0.2) is 11.6 Å². The number of carbonyl (C=O) groups excluding carboxylic acids is 2. The molecule has 0 radical (unpaired) electrons. The number of amides is 3. The Balaban J connectivity index is 1.28. The van der Waals surface area contributed by atoms with Crippen LogP contribution in [0.5, 0.6) is 0 Å². The van der Waals surface area contributed by atoms with E-state index in [1.165, 1.54) is 36.3 Å². The van der Waals surface area contributed by atoms with E-state index in [1.54, 1.807) is 6.07 Å². The zero-order valence-electron chi connectivity index (χ0n) is 20.4. The maximum Gasteiger partial charge on any atom is 0.321 e. The van der Waals surface area contributed by atoms with Crippen LogP contribution in [-0.4, -0.2) is 55.0 Å². The molecule has 194 valence electrons. The lowest BCUT2D eigenvalue weighted by Crippen LogP contribution is -2.45. The second-order valence-electron chi connectivity index (χ2n) is 9.32. The van der Waals surface area contributed by atoms with Gasteiger partial charge in [-0.3, -0.25) is 4.79 Å². The summed E-state index contributed by atoms with van der Waals surface area (Å²) in [6.45, 7) is 2.83. The van der Waals surface area contributed by atoms with Crippen molar-refractivity contribution in [3.8, 4) is 6.07 Å². The molecule has 2 aromatic rings. The highest BCUT2D eigenvalue weighted by Gasteiger charge is 2.31. The van der Waals surface area contributed by atoms with Crippen LogP contribution in [-0.2, 0) is 4.79 Å². The van der Waals surface area contributed by atoms with Crippen molar-refractivity contribution < 1.29 is 22.8 Å². The highest BCUT2D eigenvalue weighted by molar-refractivity contribution is 5.97. The fraction of sp³-hybridized carbons (Fsp3) is 0.370. The Morgan fingerprint density at radius 1 is 1.14 bits per heavy atom. The van der Waals surface area contributed by atoms with Gasteiger partial charge < -0.3 is 20.4 Å². The molecule has 1 fully saturated rings. The molecule has 1 saturated heterocycles. The largest absolute Gasteiger partial charge is 0.352 e. The lowest BCUT2D eigenvalue weighted by atomic mass is 9.86. The van der Waals surface area contributed by atoms with Crippen molar-refractivity contribution in [2.45, 2.75) is 31.2 Å². The Kier molecular flexibility index (Phi) is 8.14. The molecule has 2 aliphatic rings. The third kappa shape index (κ3) is 6.12. The Bertz CT molecular complexity index is 1250. The average Bonchev–Trinajstić information content (AvgIpc) is 2.89. The predicted molar refractivity (Wildman–Crippen MR) is 131 cm³/mol. The number of nitrogens with zero attached hydrogens (tertiary/aromatic N) is 3. The van der Waals surface area contributed by atoms with E-state index < -0.39 is 35.4 Å². The number of rotatable bonds is 7. The molecule has 2 aromatic carbocycles. The van der Waals surface area contributed by atoms with Crippen LogP contribution >= 0.6 is 0 Å². The van der Waals surface area contributed by atoms with E-state index in [9.17, 15) is 28.0 Å². The van der Waals surface area contributed by atoms with Crippen molar-refractivity contribution in [2.75, 3.05) is 33.2 Å². The van der Waals surface area contributed by atoms with Gasteiger partial charge in [-0.2, -0.15) is 5.26 Å². The molecular formula is C27H28F3N5O2. The van der Waals surface area contributed by atoms with Gasteiger partial charge >= 0.3 is 6.03 Å². The van der Waals surface area contributed by atoms with Crippen LogP contribution in [0.4, 0.5) is 18.0 Å². The summed E-state index contributed by atoms with van der Waals surface area (Å²) in [4.78, 5) is 28.6. The van der Waals surface area contributed by atoms with Crippen molar-refractivity contribution in [1.82, 2.24) is 20.4 Å². The minimum Gasteiger partial charge on any atom is -0.352 e. The average molecular weight is 512 g/mol. The van der Waals surface area contributed by atoms with E-state index in [4.69, 9.17) is 0 Å². The van der Waals surface area contributed by atoms with Crippen molar-refractivity contribution in [3.63, 3.8) is 0 Å². The zero-order valence-corrected chi connectivity index (χ0v) is 20.4. The quantitative estimate of drug-likeness (QED) is 0.552. The number of hydrogen-bond acceptors (Lipinski definition) is 4. The van der Waals surface area contributed by atoms with Crippen molar-refractivity contribution in [3.05, 3.63) is 82.3 Å². The minimum atomic E-state index is -1.06. The molecule has 0 aliphatic carbocycles. The van der Waals surface area contributed by atoms with E-state index in [2.05, 4.69) is 21.6 Å². The SMILES string of the molecule is CN1C=C(C(=O)NCCCN2CCC(c3ccc(F)cc3C#N)CC2)[C@@H](c2ccc(F)c(F)c2)NC1=O. The van der Waals surface area contributed by atoms with Crippen LogP contribution in [0, 0.1) is 28.8 Å². The number of nitrogens with one attached hydrogen (secondary N) is 2. The van der Waals surface area contributed by atoms with Gasteiger partial charge in [-0.1, -0.05) is 12.1 Å². The van der Waals surface area contributed by atoms with Crippen LogP contribution in [0.25, 0.3) is 0 Å². The Morgan fingerprint density at radius 2 is 1.89 bits per heavy atom. The maximum absolute atomic E-state index is 13.8. The number of halogens is 3. The Morgan fingerprint density at radius 3 is 2.59 bits per heavy atom. The minimum absolute atomic E-state index is 0.213. The summed E-state index contributed by atoms with van der Waals surface area (Å²) in [5.41, 5.74) is 1.78. The number of urea groups is 1. The van der Waals surface area contributed by atoms with Gasteiger partial charge in [0.1, 0.15) is 5.82 Å². The third-order valence-electron chi connectivity index (χ3n) is 6.87. The van der Waals surface area contributed by atoms with Gasteiger partial charge in [-0.25, -0.2) is 18.0 Å². The summed E-state index contributed by atoms with van der Waals surface area (Å²) < 4.78 is 40.6. The fourth-order valence-corrected chi connectivity index (χ4v) is 4.84. The second kappa shape index (κ2) is 11.5. The van der Waals surface area contributed by atoms with Crippen LogP contribution in [0.1, 0.15) is 47.9 Å². The predicted octanol–water partition coefficient (Wildman–Crippen LogP) is 3.94. The number of piperidine rings is 1. The molecule has 0 saturated carbocycles. The molecule has 4 rings (SSSR count). The molecular weight excluding hydrogens is 483 g/mol. The van der Waals surface area contributed by atoms with Gasteiger partial charge in [-0.15, -0.1) is 0 Å². The summed E-state index contributed by atoms with van der Waals surface area (Å²) >= 11 is 0. The Labute approximate surface area is 213 Å². The van der Waals surface area contributed by atoms with E-state index in [0.717, 1.165) is 50.2 Å². The van der Waals surface area contributed by atoms with Gasteiger partial charge in [0.2, 0.25) is 0 Å². The molecule has 3 amide bonds. The molecule has 0 bridgehead atoms. The molecule has 0 aromatic heterocycles. The summed E-state index contributed by atoms with van der Waals surface area (Å²) in [7, 11) is 1.50. The van der Waals surface area contributed by atoms with Gasteiger partial charge in [-0.05, 0) is 80.2 Å². The highest BCUT2D eigenvalue weighted by atomic mass is 19.2. The number of nitriles is 1. The van der Waals surface area contributed by atoms with Crippen LogP contribution < -0.4 is 10.6 Å². The first-order valence-electron chi connectivity index (χ1n) is 12.2. The smallest absolute Gasteiger partial charge is 0.321 e. The molecule has 2 N–H and O–H groups in total. The van der Waals surface area contributed by atoms with E-state index in [-0.39, 0.29) is 17.1 Å². The molecule has 10 heteroatoms. The topological polar surface area (TPSA) is 88.5 Å². The molecule has 2 heterocycles. The highest BCUT2D eigenvalue weighted by Crippen LogP contribution is 2.31. The fourth-order valence-electron chi connectivity index (χ4n) is 4.84. The maximum atomic E-state index is 13.8. The number of carbonyl (C=O) groups is 2. The number of likely N-dealkylation sites (tertiary alicyclic amines) is 1.